The number of carboxylic acids is 2. The number of aliphatic carboxylic acids is 2. The van der Waals surface area contributed by atoms with Gasteiger partial charge in [-0.05, 0) is 71.1 Å². The van der Waals surface area contributed by atoms with Crippen molar-refractivity contribution in [3.05, 3.63) is 137 Å². The Bertz CT molecular complexity index is 2250. The lowest BCUT2D eigenvalue weighted by Crippen LogP contribution is -2.39. The highest BCUT2D eigenvalue weighted by Crippen LogP contribution is 2.52. The smallest absolute Gasteiger partial charge is 0.374 e. The van der Waals surface area contributed by atoms with Crippen LogP contribution >= 0.6 is 0 Å². The average Bonchev–Trinajstić information content (AvgIpc) is 3.50. The first kappa shape index (κ1) is 30.0. The Morgan fingerprint density at radius 1 is 0.872 bits per heavy atom. The van der Waals surface area contributed by atoms with E-state index in [0.717, 1.165) is 38.5 Å². The highest BCUT2D eigenvalue weighted by atomic mass is 16.4. The third-order valence-electron chi connectivity index (χ3n) is 9.22. The zero-order valence-electron chi connectivity index (χ0n) is 26.3. The van der Waals surface area contributed by atoms with Gasteiger partial charge in [-0.25, -0.2) is 4.79 Å². The van der Waals surface area contributed by atoms with Crippen LogP contribution in [0.1, 0.15) is 35.9 Å². The fourth-order valence-electron chi connectivity index (χ4n) is 7.07. The van der Waals surface area contributed by atoms with Crippen molar-refractivity contribution in [1.82, 2.24) is 0 Å². The van der Waals surface area contributed by atoms with Crippen LogP contribution in [0.25, 0.3) is 38.7 Å². The molecule has 5 aromatic carbocycles. The number of aromatic nitrogens is 1. The summed E-state index contributed by atoms with van der Waals surface area (Å²) in [5, 5.41) is 23.8. The summed E-state index contributed by atoms with van der Waals surface area (Å²) in [6.07, 6.45) is 6.39. The van der Waals surface area contributed by atoms with E-state index in [0.29, 0.717) is 30.0 Å². The zero-order valence-corrected chi connectivity index (χ0v) is 26.3. The summed E-state index contributed by atoms with van der Waals surface area (Å²) in [5.74, 6) is -1.42. The molecular weight excluding hydrogens is 588 g/mol. The number of allylic oxidation sites excluding steroid dienone is 3. The maximum atomic E-state index is 11.9. The summed E-state index contributed by atoms with van der Waals surface area (Å²) in [6.45, 7) is 4.36. The lowest BCUT2D eigenvalue weighted by molar-refractivity contribution is -0.666. The summed E-state index contributed by atoms with van der Waals surface area (Å²) < 4.78 is 7.92. The van der Waals surface area contributed by atoms with Crippen LogP contribution in [0.15, 0.2) is 119 Å². The molecule has 0 aliphatic carbocycles. The number of aryl methyl sites for hydroxylation is 1. The molecular formula is C40H35N2O5+. The fraction of sp³-hybridized carbons (Fsp3) is 0.175. The standard InChI is InChI=1S/C40H34N2O5/c1-26-14-16-27(17-15-26)24-40(2)35(41(21-20-37(43)44)32-19-18-28-8-5-6-11-31(28)39(32)40)12-7-13-36-42(25-38(45)46)33-22-29-9-3-4-10-30(29)23-34(33)47-36/h3-19,22-23H,20-21,24-25H2,1-2H3,(H-,43,44,45,46)/p+1. The van der Waals surface area contributed by atoms with Crippen molar-refractivity contribution in [2.45, 2.75) is 38.6 Å². The van der Waals surface area contributed by atoms with Crippen LogP contribution in [0.5, 0.6) is 0 Å². The van der Waals surface area contributed by atoms with E-state index in [-0.39, 0.29) is 13.0 Å². The molecule has 1 atom stereocenters. The second kappa shape index (κ2) is 11.9. The molecule has 1 aliphatic heterocycles. The van der Waals surface area contributed by atoms with E-state index in [1.165, 1.54) is 11.1 Å². The third-order valence-corrected chi connectivity index (χ3v) is 9.22. The number of nitrogens with zero attached hydrogens (tertiary/aromatic N) is 2. The number of rotatable bonds is 9. The molecule has 0 amide bonds. The minimum Gasteiger partial charge on any atom is -0.481 e. The predicted octanol–water partition coefficient (Wildman–Crippen LogP) is 7.81. The van der Waals surface area contributed by atoms with Crippen molar-refractivity contribution in [3.63, 3.8) is 0 Å². The van der Waals surface area contributed by atoms with Gasteiger partial charge in [0.15, 0.2) is 0 Å². The summed E-state index contributed by atoms with van der Waals surface area (Å²) in [5.41, 5.74) is 6.29. The lowest BCUT2D eigenvalue weighted by atomic mass is 9.74. The van der Waals surface area contributed by atoms with Gasteiger partial charge in [0, 0.05) is 29.4 Å². The minimum absolute atomic E-state index is 0.0241. The summed E-state index contributed by atoms with van der Waals surface area (Å²) in [4.78, 5) is 25.9. The molecule has 1 unspecified atom stereocenters. The topological polar surface area (TPSA) is 94.9 Å². The number of benzene rings is 5. The molecule has 2 heterocycles. The van der Waals surface area contributed by atoms with Crippen molar-refractivity contribution < 1.29 is 28.8 Å². The molecule has 47 heavy (non-hydrogen) atoms. The van der Waals surface area contributed by atoms with Crippen LogP contribution in [-0.2, 0) is 28.0 Å². The molecule has 6 aromatic rings. The average molecular weight is 624 g/mol. The van der Waals surface area contributed by atoms with Crippen molar-refractivity contribution >= 4 is 56.3 Å². The Morgan fingerprint density at radius 3 is 2.30 bits per heavy atom. The number of carboxylic acid groups (broad SMARTS) is 2. The Balaban J connectivity index is 1.39. The normalized spacial score (nSPS) is 17.0. The third kappa shape index (κ3) is 5.54. The van der Waals surface area contributed by atoms with E-state index in [1.807, 2.05) is 60.7 Å². The minimum atomic E-state index is -0.970. The fourth-order valence-corrected chi connectivity index (χ4v) is 7.07. The van der Waals surface area contributed by atoms with Crippen LogP contribution in [-0.4, -0.2) is 28.7 Å². The molecule has 7 rings (SSSR count). The van der Waals surface area contributed by atoms with E-state index in [2.05, 4.69) is 67.3 Å². The van der Waals surface area contributed by atoms with Crippen LogP contribution in [0, 0.1) is 6.92 Å². The van der Waals surface area contributed by atoms with Gasteiger partial charge in [0.2, 0.25) is 12.1 Å². The van der Waals surface area contributed by atoms with Crippen molar-refractivity contribution in [1.29, 1.82) is 0 Å². The molecule has 0 spiro atoms. The number of oxazole rings is 1. The van der Waals surface area contributed by atoms with E-state index < -0.39 is 17.4 Å². The number of carbonyl (C=O) groups is 2. The van der Waals surface area contributed by atoms with Crippen LogP contribution < -0.4 is 9.47 Å². The summed E-state index contributed by atoms with van der Waals surface area (Å²) >= 11 is 0. The molecule has 234 valence electrons. The number of anilines is 1. The van der Waals surface area contributed by atoms with Crippen molar-refractivity contribution in [2.24, 2.45) is 0 Å². The first-order valence-corrected chi connectivity index (χ1v) is 15.7. The van der Waals surface area contributed by atoms with E-state index in [4.69, 9.17) is 4.42 Å². The Morgan fingerprint density at radius 2 is 1.57 bits per heavy atom. The van der Waals surface area contributed by atoms with Gasteiger partial charge in [-0.2, -0.15) is 0 Å². The molecule has 1 aromatic heterocycles. The maximum absolute atomic E-state index is 11.9. The highest BCUT2D eigenvalue weighted by molar-refractivity contribution is 5.96. The highest BCUT2D eigenvalue weighted by Gasteiger charge is 2.44. The van der Waals surface area contributed by atoms with E-state index in [9.17, 15) is 19.8 Å². The number of hydrogen-bond acceptors (Lipinski definition) is 4. The van der Waals surface area contributed by atoms with Gasteiger partial charge >= 0.3 is 17.8 Å². The lowest BCUT2D eigenvalue weighted by Gasteiger charge is -2.31. The summed E-state index contributed by atoms with van der Waals surface area (Å²) in [7, 11) is 0. The Labute approximate surface area is 272 Å². The second-order valence-corrected chi connectivity index (χ2v) is 12.5. The molecule has 0 saturated heterocycles. The molecule has 0 radical (unpaired) electrons. The number of fused-ring (bicyclic) bond motifs is 5. The van der Waals surface area contributed by atoms with Crippen molar-refractivity contribution in [2.75, 3.05) is 11.4 Å². The van der Waals surface area contributed by atoms with Crippen LogP contribution in [0.3, 0.4) is 0 Å². The molecule has 0 saturated carbocycles. The number of hydrogen-bond donors (Lipinski definition) is 2. The van der Waals surface area contributed by atoms with Gasteiger partial charge in [0.1, 0.15) is 0 Å². The van der Waals surface area contributed by atoms with Crippen LogP contribution in [0.2, 0.25) is 0 Å². The largest absolute Gasteiger partial charge is 0.481 e. The Kier molecular flexibility index (Phi) is 7.60. The molecule has 7 heteroatoms. The monoisotopic (exact) mass is 623 g/mol. The summed E-state index contributed by atoms with van der Waals surface area (Å²) in [6, 6.07) is 32.9. The van der Waals surface area contributed by atoms with Gasteiger partial charge < -0.3 is 19.5 Å². The van der Waals surface area contributed by atoms with E-state index >= 15 is 0 Å². The van der Waals surface area contributed by atoms with Gasteiger partial charge in [-0.3, -0.25) is 4.79 Å². The second-order valence-electron chi connectivity index (χ2n) is 12.5. The maximum Gasteiger partial charge on any atom is 0.374 e. The van der Waals surface area contributed by atoms with Crippen molar-refractivity contribution in [3.8, 4) is 0 Å². The first-order chi connectivity index (χ1) is 22.7. The van der Waals surface area contributed by atoms with E-state index in [1.54, 1.807) is 10.6 Å². The predicted molar refractivity (Wildman–Crippen MR) is 184 cm³/mol. The Hall–Kier alpha value is -5.69. The molecule has 2 N–H and O–H groups in total. The van der Waals surface area contributed by atoms with Crippen LogP contribution in [0.4, 0.5) is 5.69 Å². The first-order valence-electron chi connectivity index (χ1n) is 15.7. The van der Waals surface area contributed by atoms with Gasteiger partial charge in [0.05, 0.1) is 12.5 Å². The molecule has 1 aliphatic rings. The van der Waals surface area contributed by atoms with Gasteiger partial charge in [0.25, 0.3) is 5.52 Å². The van der Waals surface area contributed by atoms with Gasteiger partial charge in [-0.1, -0.05) is 90.5 Å². The molecule has 7 nitrogen and oxygen atoms in total. The zero-order chi connectivity index (χ0) is 32.7. The molecule has 0 fully saturated rings. The SMILES string of the molecule is Cc1ccc(CC2(C)/C(=C/C=C/c3oc4cc5ccccc5cc4[n+]3CC(=O)O)N(CCC(=O)O)c3ccc4ccccc4c32)cc1. The molecule has 0 bridgehead atoms. The quantitative estimate of drug-likeness (QED) is 0.160. The van der Waals surface area contributed by atoms with Gasteiger partial charge in [-0.15, -0.1) is 4.57 Å².